The fourth-order valence-electron chi connectivity index (χ4n) is 3.39. The number of nitrogens with one attached hydrogen (secondary N) is 1. The first-order chi connectivity index (χ1) is 10.6. The summed E-state index contributed by atoms with van der Waals surface area (Å²) < 4.78 is 19.5. The van der Waals surface area contributed by atoms with Crippen molar-refractivity contribution in [2.75, 3.05) is 26.7 Å². The van der Waals surface area contributed by atoms with E-state index >= 15 is 0 Å². The summed E-state index contributed by atoms with van der Waals surface area (Å²) in [5.41, 5.74) is -0.157. The van der Waals surface area contributed by atoms with Gasteiger partial charge in [0.2, 0.25) is 5.91 Å². The lowest BCUT2D eigenvalue weighted by Crippen LogP contribution is -2.47. The molecule has 0 radical (unpaired) electrons. The molecule has 3 rings (SSSR count). The van der Waals surface area contributed by atoms with E-state index in [-0.39, 0.29) is 23.9 Å². The summed E-state index contributed by atoms with van der Waals surface area (Å²) >= 11 is 0. The maximum Gasteiger partial charge on any atom is 0.231 e. The van der Waals surface area contributed by atoms with Crippen LogP contribution in [0, 0.1) is 5.82 Å². The van der Waals surface area contributed by atoms with Gasteiger partial charge in [-0.1, -0.05) is 25.1 Å². The molecule has 120 valence electrons. The van der Waals surface area contributed by atoms with Crippen LogP contribution in [0.5, 0.6) is 0 Å². The third-order valence-corrected chi connectivity index (χ3v) is 4.98. The van der Waals surface area contributed by atoms with Crippen LogP contribution in [0.2, 0.25) is 0 Å². The number of halogens is 1. The average molecular weight is 306 g/mol. The quantitative estimate of drug-likeness (QED) is 0.900. The van der Waals surface area contributed by atoms with Crippen LogP contribution < -0.4 is 5.32 Å². The smallest absolute Gasteiger partial charge is 0.231 e. The van der Waals surface area contributed by atoms with E-state index in [1.54, 1.807) is 25.3 Å². The molecule has 2 fully saturated rings. The van der Waals surface area contributed by atoms with Gasteiger partial charge >= 0.3 is 0 Å². The molecule has 2 aliphatic rings. The van der Waals surface area contributed by atoms with Crippen molar-refractivity contribution in [1.82, 2.24) is 10.2 Å². The standard InChI is InChI=1S/C17H23FN2O2/c1-3-20-10-14(15(11-20)22-2)19-16(21)17(8-9-17)12-6-4-5-7-13(12)18/h4-7,14-15H,3,8-11H2,1-2H3,(H,19,21)/t14-,15-/m1/s1. The Morgan fingerprint density at radius 1 is 1.41 bits per heavy atom. The van der Waals surface area contributed by atoms with E-state index in [0.717, 1.165) is 19.6 Å². The zero-order chi connectivity index (χ0) is 15.7. The van der Waals surface area contributed by atoms with Gasteiger partial charge in [-0.05, 0) is 25.5 Å². The average Bonchev–Trinajstić information content (AvgIpc) is 3.24. The molecular formula is C17H23FN2O2. The summed E-state index contributed by atoms with van der Waals surface area (Å²) in [6.07, 6.45) is 1.42. The van der Waals surface area contributed by atoms with Crippen molar-refractivity contribution in [3.05, 3.63) is 35.6 Å². The maximum atomic E-state index is 14.0. The number of likely N-dealkylation sites (N-methyl/N-ethyl adjacent to an activating group) is 1. The van der Waals surface area contributed by atoms with Crippen LogP contribution in [0.1, 0.15) is 25.3 Å². The first-order valence-corrected chi connectivity index (χ1v) is 7.92. The molecule has 1 aliphatic heterocycles. The van der Waals surface area contributed by atoms with Crippen molar-refractivity contribution in [1.29, 1.82) is 0 Å². The lowest BCUT2D eigenvalue weighted by atomic mass is 9.94. The van der Waals surface area contributed by atoms with Crippen molar-refractivity contribution in [3.8, 4) is 0 Å². The van der Waals surface area contributed by atoms with Crippen molar-refractivity contribution in [3.63, 3.8) is 0 Å². The molecule has 1 amide bonds. The Balaban J connectivity index is 1.73. The normalized spacial score (nSPS) is 26.9. The zero-order valence-corrected chi connectivity index (χ0v) is 13.1. The van der Waals surface area contributed by atoms with Gasteiger partial charge < -0.3 is 10.1 Å². The minimum atomic E-state index is -0.677. The van der Waals surface area contributed by atoms with Crippen molar-refractivity contribution in [2.45, 2.75) is 37.3 Å². The zero-order valence-electron chi connectivity index (χ0n) is 13.1. The predicted molar refractivity (Wildman–Crippen MR) is 82.2 cm³/mol. The molecule has 1 aromatic rings. The largest absolute Gasteiger partial charge is 0.378 e. The number of likely N-dealkylation sites (tertiary alicyclic amines) is 1. The van der Waals surface area contributed by atoms with Gasteiger partial charge in [0, 0.05) is 25.8 Å². The van der Waals surface area contributed by atoms with E-state index in [9.17, 15) is 9.18 Å². The first-order valence-electron chi connectivity index (χ1n) is 7.92. The highest BCUT2D eigenvalue weighted by atomic mass is 19.1. The molecule has 1 heterocycles. The van der Waals surface area contributed by atoms with Crippen LogP contribution in [0.25, 0.3) is 0 Å². The summed E-state index contributed by atoms with van der Waals surface area (Å²) in [6.45, 7) is 4.64. The minimum absolute atomic E-state index is 0.000297. The number of hydrogen-bond donors (Lipinski definition) is 1. The van der Waals surface area contributed by atoms with Gasteiger partial charge in [0.25, 0.3) is 0 Å². The Kier molecular flexibility index (Phi) is 4.19. The van der Waals surface area contributed by atoms with E-state index in [4.69, 9.17) is 4.74 Å². The Morgan fingerprint density at radius 2 is 2.14 bits per heavy atom. The number of methoxy groups -OCH3 is 1. The lowest BCUT2D eigenvalue weighted by molar-refractivity contribution is -0.125. The summed E-state index contributed by atoms with van der Waals surface area (Å²) in [5, 5.41) is 3.10. The topological polar surface area (TPSA) is 41.6 Å². The molecule has 1 saturated heterocycles. The van der Waals surface area contributed by atoms with Gasteiger partial charge in [-0.2, -0.15) is 0 Å². The van der Waals surface area contributed by atoms with Gasteiger partial charge in [-0.3, -0.25) is 9.69 Å². The summed E-state index contributed by atoms with van der Waals surface area (Å²) in [4.78, 5) is 15.0. The number of nitrogens with zero attached hydrogens (tertiary/aromatic N) is 1. The summed E-state index contributed by atoms with van der Waals surface area (Å²) in [7, 11) is 1.67. The Hall–Kier alpha value is -1.46. The number of hydrogen-bond acceptors (Lipinski definition) is 3. The fourth-order valence-corrected chi connectivity index (χ4v) is 3.39. The number of carbonyl (C=O) groups is 1. The van der Waals surface area contributed by atoms with Crippen LogP contribution >= 0.6 is 0 Å². The molecule has 2 atom stereocenters. The monoisotopic (exact) mass is 306 g/mol. The van der Waals surface area contributed by atoms with E-state index in [1.807, 2.05) is 0 Å². The third-order valence-electron chi connectivity index (χ3n) is 4.98. The number of carbonyl (C=O) groups excluding carboxylic acids is 1. The Bertz CT molecular complexity index is 559. The molecule has 0 unspecified atom stereocenters. The van der Waals surface area contributed by atoms with Crippen molar-refractivity contribution in [2.24, 2.45) is 0 Å². The van der Waals surface area contributed by atoms with E-state index in [1.165, 1.54) is 6.07 Å². The molecule has 1 N–H and O–H groups in total. The molecule has 1 aromatic carbocycles. The van der Waals surface area contributed by atoms with Crippen LogP contribution in [0.3, 0.4) is 0 Å². The van der Waals surface area contributed by atoms with Crippen LogP contribution in [0.4, 0.5) is 4.39 Å². The summed E-state index contributed by atoms with van der Waals surface area (Å²) in [6, 6.07) is 6.57. The third kappa shape index (κ3) is 2.63. The van der Waals surface area contributed by atoms with Crippen LogP contribution in [-0.2, 0) is 14.9 Å². The number of amides is 1. The Morgan fingerprint density at radius 3 is 2.73 bits per heavy atom. The SMILES string of the molecule is CCN1C[C@@H](NC(=O)C2(c3ccccc3F)CC2)[C@H](OC)C1. The maximum absolute atomic E-state index is 14.0. The lowest BCUT2D eigenvalue weighted by Gasteiger charge is -2.23. The number of rotatable bonds is 5. The van der Waals surface area contributed by atoms with E-state index in [0.29, 0.717) is 18.4 Å². The molecule has 0 aromatic heterocycles. The minimum Gasteiger partial charge on any atom is -0.378 e. The van der Waals surface area contributed by atoms with Gasteiger partial charge in [-0.15, -0.1) is 0 Å². The van der Waals surface area contributed by atoms with E-state index in [2.05, 4.69) is 17.1 Å². The molecule has 0 spiro atoms. The highest BCUT2D eigenvalue weighted by Crippen LogP contribution is 2.49. The van der Waals surface area contributed by atoms with Crippen molar-refractivity contribution < 1.29 is 13.9 Å². The van der Waals surface area contributed by atoms with Gasteiger partial charge in [0.15, 0.2) is 0 Å². The molecule has 1 aliphatic carbocycles. The first kappa shape index (κ1) is 15.4. The second kappa shape index (κ2) is 5.97. The second-order valence-electron chi connectivity index (χ2n) is 6.27. The van der Waals surface area contributed by atoms with Crippen LogP contribution in [-0.4, -0.2) is 49.7 Å². The molecule has 0 bridgehead atoms. The Labute approximate surface area is 130 Å². The molecule has 4 nitrogen and oxygen atoms in total. The highest BCUT2D eigenvalue weighted by molar-refractivity contribution is 5.91. The van der Waals surface area contributed by atoms with E-state index < -0.39 is 5.41 Å². The molecule has 5 heteroatoms. The predicted octanol–water partition coefficient (Wildman–Crippen LogP) is 1.69. The van der Waals surface area contributed by atoms with Crippen molar-refractivity contribution >= 4 is 5.91 Å². The highest BCUT2D eigenvalue weighted by Gasteiger charge is 2.53. The molecule has 22 heavy (non-hydrogen) atoms. The molecular weight excluding hydrogens is 283 g/mol. The van der Waals surface area contributed by atoms with Gasteiger partial charge in [0.1, 0.15) is 5.82 Å². The van der Waals surface area contributed by atoms with Gasteiger partial charge in [0.05, 0.1) is 17.6 Å². The van der Waals surface area contributed by atoms with Crippen LogP contribution in [0.15, 0.2) is 24.3 Å². The number of benzene rings is 1. The fraction of sp³-hybridized carbons (Fsp3) is 0.588. The molecule has 1 saturated carbocycles. The second-order valence-corrected chi connectivity index (χ2v) is 6.27. The van der Waals surface area contributed by atoms with Gasteiger partial charge in [-0.25, -0.2) is 4.39 Å². The summed E-state index contributed by atoms with van der Waals surface area (Å²) in [5.74, 6) is -0.359. The number of ether oxygens (including phenoxy) is 1.